The molecule has 3 rings (SSSR count). The molecular formula is C20H17ClN2O4. The van der Waals surface area contributed by atoms with Gasteiger partial charge in [0.15, 0.2) is 0 Å². The van der Waals surface area contributed by atoms with Crippen LogP contribution in [0.15, 0.2) is 54.6 Å². The van der Waals surface area contributed by atoms with Crippen LogP contribution in [0.2, 0.25) is 5.15 Å². The van der Waals surface area contributed by atoms with Crippen LogP contribution >= 0.6 is 11.6 Å². The molecular weight excluding hydrogens is 368 g/mol. The molecule has 0 aliphatic heterocycles. The zero-order valence-corrected chi connectivity index (χ0v) is 15.6. The van der Waals surface area contributed by atoms with E-state index in [0.29, 0.717) is 16.8 Å². The molecule has 0 spiro atoms. The van der Waals surface area contributed by atoms with Crippen LogP contribution in [0.3, 0.4) is 0 Å². The second kappa shape index (κ2) is 8.05. The van der Waals surface area contributed by atoms with Gasteiger partial charge in [0.2, 0.25) is 0 Å². The van der Waals surface area contributed by atoms with Crippen LogP contribution in [0.1, 0.15) is 32.0 Å². The van der Waals surface area contributed by atoms with Crippen molar-refractivity contribution in [3.8, 4) is 5.69 Å². The predicted octanol–water partition coefficient (Wildman–Crippen LogP) is 3.98. The summed E-state index contributed by atoms with van der Waals surface area (Å²) >= 11 is 6.36. The molecule has 138 valence electrons. The molecule has 1 heterocycles. The highest BCUT2D eigenvalue weighted by atomic mass is 35.5. The van der Waals surface area contributed by atoms with Crippen LogP contribution in [0, 0.1) is 6.92 Å². The normalized spacial score (nSPS) is 10.5. The number of carbonyl (C=O) groups is 2. The summed E-state index contributed by atoms with van der Waals surface area (Å²) in [6, 6.07) is 16.0. The van der Waals surface area contributed by atoms with Gasteiger partial charge in [-0.2, -0.15) is 5.10 Å². The zero-order chi connectivity index (χ0) is 19.4. The number of nitrogens with zero attached hydrogens (tertiary/aromatic N) is 2. The molecule has 6 nitrogen and oxygen atoms in total. The van der Waals surface area contributed by atoms with E-state index in [9.17, 15) is 9.59 Å². The number of halogens is 1. The molecule has 0 unspecified atom stereocenters. The highest BCUT2D eigenvalue weighted by molar-refractivity contribution is 6.33. The minimum Gasteiger partial charge on any atom is -0.465 e. The third kappa shape index (κ3) is 4.01. The Balaban J connectivity index is 1.78. The van der Waals surface area contributed by atoms with Gasteiger partial charge in [0.25, 0.3) is 0 Å². The number of hydrogen-bond donors (Lipinski definition) is 0. The van der Waals surface area contributed by atoms with Crippen LogP contribution in [0.5, 0.6) is 0 Å². The Morgan fingerprint density at radius 1 is 1.07 bits per heavy atom. The molecule has 0 saturated heterocycles. The SMILES string of the molecule is COC(=O)c1cccc(COC(=O)c2c(C)nn(-c3ccccc3)c2Cl)c1. The van der Waals surface area contributed by atoms with Crippen molar-refractivity contribution < 1.29 is 19.1 Å². The third-order valence-corrected chi connectivity index (χ3v) is 4.28. The van der Waals surface area contributed by atoms with E-state index in [1.807, 2.05) is 30.3 Å². The highest BCUT2D eigenvalue weighted by Crippen LogP contribution is 2.24. The highest BCUT2D eigenvalue weighted by Gasteiger charge is 2.22. The number of ether oxygens (including phenoxy) is 2. The van der Waals surface area contributed by atoms with Crippen LogP contribution in [0.4, 0.5) is 0 Å². The summed E-state index contributed by atoms with van der Waals surface area (Å²) in [7, 11) is 1.31. The van der Waals surface area contributed by atoms with Crippen molar-refractivity contribution in [2.45, 2.75) is 13.5 Å². The van der Waals surface area contributed by atoms with Crippen LogP contribution in [-0.2, 0) is 16.1 Å². The Morgan fingerprint density at radius 3 is 2.52 bits per heavy atom. The first kappa shape index (κ1) is 18.7. The molecule has 27 heavy (non-hydrogen) atoms. The van der Waals surface area contributed by atoms with Gasteiger partial charge >= 0.3 is 11.9 Å². The molecule has 1 aromatic heterocycles. The molecule has 3 aromatic rings. The quantitative estimate of drug-likeness (QED) is 0.622. The Labute approximate surface area is 161 Å². The maximum atomic E-state index is 12.5. The van der Waals surface area contributed by atoms with Gasteiger partial charge in [0.05, 0.1) is 24.1 Å². The van der Waals surface area contributed by atoms with Gasteiger partial charge in [-0.05, 0) is 36.8 Å². The molecule has 0 atom stereocenters. The molecule has 0 aliphatic carbocycles. The van der Waals surface area contributed by atoms with Gasteiger partial charge in [0, 0.05) is 0 Å². The van der Waals surface area contributed by atoms with Gasteiger partial charge in [-0.15, -0.1) is 0 Å². The summed E-state index contributed by atoms with van der Waals surface area (Å²) in [4.78, 5) is 24.1. The van der Waals surface area contributed by atoms with Gasteiger partial charge in [-0.3, -0.25) is 0 Å². The number of aromatic nitrogens is 2. The van der Waals surface area contributed by atoms with Crippen molar-refractivity contribution in [1.29, 1.82) is 0 Å². The first-order chi connectivity index (χ1) is 13.0. The molecule has 0 saturated carbocycles. The van der Waals surface area contributed by atoms with E-state index in [4.69, 9.17) is 16.3 Å². The molecule has 0 fully saturated rings. The molecule has 0 N–H and O–H groups in total. The van der Waals surface area contributed by atoms with E-state index in [1.165, 1.54) is 11.8 Å². The van der Waals surface area contributed by atoms with Crippen LogP contribution in [0.25, 0.3) is 5.69 Å². The minimum atomic E-state index is -0.580. The summed E-state index contributed by atoms with van der Waals surface area (Å²) in [5.74, 6) is -1.03. The van der Waals surface area contributed by atoms with E-state index in [-0.39, 0.29) is 17.3 Å². The monoisotopic (exact) mass is 384 g/mol. The summed E-state index contributed by atoms with van der Waals surface area (Å²) in [5, 5.41) is 4.51. The summed E-state index contributed by atoms with van der Waals surface area (Å²) in [6.07, 6.45) is 0. The van der Waals surface area contributed by atoms with Gasteiger partial charge in [-0.25, -0.2) is 14.3 Å². The fraction of sp³-hybridized carbons (Fsp3) is 0.150. The predicted molar refractivity (Wildman–Crippen MR) is 100 cm³/mol. The number of benzene rings is 2. The van der Waals surface area contributed by atoms with Crippen molar-refractivity contribution >= 4 is 23.5 Å². The number of carbonyl (C=O) groups excluding carboxylic acids is 2. The second-order valence-electron chi connectivity index (χ2n) is 5.77. The zero-order valence-electron chi connectivity index (χ0n) is 14.8. The molecule has 0 aliphatic rings. The Morgan fingerprint density at radius 2 is 1.81 bits per heavy atom. The number of rotatable bonds is 5. The lowest BCUT2D eigenvalue weighted by molar-refractivity contribution is 0.0472. The molecule has 0 amide bonds. The first-order valence-corrected chi connectivity index (χ1v) is 8.54. The van der Waals surface area contributed by atoms with Crippen LogP contribution < -0.4 is 0 Å². The molecule has 0 bridgehead atoms. The molecule has 2 aromatic carbocycles. The smallest absolute Gasteiger partial charge is 0.343 e. The Kier molecular flexibility index (Phi) is 5.57. The summed E-state index contributed by atoms with van der Waals surface area (Å²) in [5.41, 5.74) is 2.48. The first-order valence-electron chi connectivity index (χ1n) is 8.16. The molecule has 7 heteroatoms. The molecule has 0 radical (unpaired) electrons. The van der Waals surface area contributed by atoms with Crippen molar-refractivity contribution in [3.05, 3.63) is 82.1 Å². The topological polar surface area (TPSA) is 70.4 Å². The fourth-order valence-electron chi connectivity index (χ4n) is 2.60. The van der Waals surface area contributed by atoms with Crippen molar-refractivity contribution in [1.82, 2.24) is 9.78 Å². The number of methoxy groups -OCH3 is 1. The lowest BCUT2D eigenvalue weighted by atomic mass is 10.1. The van der Waals surface area contributed by atoms with E-state index < -0.39 is 11.9 Å². The maximum Gasteiger partial charge on any atom is 0.343 e. The minimum absolute atomic E-state index is 0.00401. The van der Waals surface area contributed by atoms with Gasteiger partial charge in [0.1, 0.15) is 17.3 Å². The number of hydrogen-bond acceptors (Lipinski definition) is 5. The average molecular weight is 385 g/mol. The van der Waals surface area contributed by atoms with E-state index in [0.717, 1.165) is 5.69 Å². The average Bonchev–Trinajstić information content (AvgIpc) is 3.00. The third-order valence-electron chi connectivity index (χ3n) is 3.93. The van der Waals surface area contributed by atoms with Crippen LogP contribution in [-0.4, -0.2) is 28.8 Å². The van der Waals surface area contributed by atoms with Crippen molar-refractivity contribution in [2.24, 2.45) is 0 Å². The van der Waals surface area contributed by atoms with Gasteiger partial charge in [-0.1, -0.05) is 41.9 Å². The van der Waals surface area contributed by atoms with E-state index in [1.54, 1.807) is 31.2 Å². The second-order valence-corrected chi connectivity index (χ2v) is 6.12. The largest absolute Gasteiger partial charge is 0.465 e. The number of aryl methyl sites for hydroxylation is 1. The fourth-order valence-corrected chi connectivity index (χ4v) is 2.95. The van der Waals surface area contributed by atoms with E-state index in [2.05, 4.69) is 9.84 Å². The summed E-state index contributed by atoms with van der Waals surface area (Å²) < 4.78 is 11.5. The Bertz CT molecular complexity index is 983. The van der Waals surface area contributed by atoms with E-state index >= 15 is 0 Å². The lowest BCUT2D eigenvalue weighted by Gasteiger charge is -2.07. The Hall–Kier alpha value is -3.12. The standard InChI is InChI=1S/C20H17ClN2O4/c1-13-17(18(21)23(22-13)16-9-4-3-5-10-16)20(25)27-12-14-7-6-8-15(11-14)19(24)26-2/h3-11H,12H2,1-2H3. The van der Waals surface area contributed by atoms with Crippen molar-refractivity contribution in [3.63, 3.8) is 0 Å². The lowest BCUT2D eigenvalue weighted by Crippen LogP contribution is -2.08. The number of esters is 2. The number of para-hydroxylation sites is 1. The maximum absolute atomic E-state index is 12.5. The van der Waals surface area contributed by atoms with Crippen molar-refractivity contribution in [2.75, 3.05) is 7.11 Å². The van der Waals surface area contributed by atoms with Gasteiger partial charge < -0.3 is 9.47 Å². The summed E-state index contributed by atoms with van der Waals surface area (Å²) in [6.45, 7) is 1.69.